The summed E-state index contributed by atoms with van der Waals surface area (Å²) in [5.74, 6) is 2.42. The molecule has 0 radical (unpaired) electrons. The van der Waals surface area contributed by atoms with Crippen molar-refractivity contribution in [2.45, 2.75) is 12.7 Å². The van der Waals surface area contributed by atoms with Gasteiger partial charge in [-0.25, -0.2) is 4.98 Å². The van der Waals surface area contributed by atoms with Gasteiger partial charge >= 0.3 is 0 Å². The first-order valence-electron chi connectivity index (χ1n) is 7.57. The zero-order valence-corrected chi connectivity index (χ0v) is 15.6. The zero-order chi connectivity index (χ0) is 16.9. The van der Waals surface area contributed by atoms with Crippen LogP contribution in [0.2, 0.25) is 0 Å². The predicted molar refractivity (Wildman–Crippen MR) is 102 cm³/mol. The third kappa shape index (κ3) is 4.39. The largest absolute Gasteiger partial charge is 0.493 e. The highest BCUT2D eigenvalue weighted by atomic mass is 79.9. The molecule has 0 aliphatic heterocycles. The van der Waals surface area contributed by atoms with E-state index in [1.54, 1.807) is 28.4 Å². The van der Waals surface area contributed by atoms with Gasteiger partial charge in [0.1, 0.15) is 11.4 Å². The fourth-order valence-corrected chi connectivity index (χ4v) is 3.27. The summed E-state index contributed by atoms with van der Waals surface area (Å²) < 4.78 is 8.09. The molecule has 2 heterocycles. The van der Waals surface area contributed by atoms with Crippen molar-refractivity contribution in [2.24, 2.45) is 0 Å². The zero-order valence-electron chi connectivity index (χ0n) is 13.2. The Morgan fingerprint density at radius 2 is 2.00 bits per heavy atom. The Bertz CT molecular complexity index is 894. The molecule has 1 aromatic carbocycles. The van der Waals surface area contributed by atoms with E-state index in [0.29, 0.717) is 18.0 Å². The van der Waals surface area contributed by atoms with Gasteiger partial charge in [-0.05, 0) is 47.1 Å². The molecule has 0 spiro atoms. The number of rotatable bonds is 6. The maximum atomic E-state index is 12.1. The summed E-state index contributed by atoms with van der Waals surface area (Å²) in [6.45, 7) is 2.69. The molecule has 0 N–H and O–H groups in total. The summed E-state index contributed by atoms with van der Waals surface area (Å²) in [7, 11) is 0. The Balaban J connectivity index is 1.53. The summed E-state index contributed by atoms with van der Waals surface area (Å²) in [6.07, 6.45) is 1.73. The number of aryl methyl sites for hydroxylation is 1. The maximum absolute atomic E-state index is 12.1. The van der Waals surface area contributed by atoms with Crippen LogP contribution in [-0.4, -0.2) is 21.7 Å². The van der Waals surface area contributed by atoms with Crippen LogP contribution in [0.25, 0.3) is 5.65 Å². The minimum atomic E-state index is -0.0622. The van der Waals surface area contributed by atoms with Crippen LogP contribution in [0.15, 0.2) is 57.9 Å². The topological polar surface area (TPSA) is 43.6 Å². The molecule has 4 nitrogen and oxygen atoms in total. The van der Waals surface area contributed by atoms with Gasteiger partial charge in [0, 0.05) is 28.2 Å². The number of nitrogens with zero attached hydrogens (tertiary/aromatic N) is 2. The van der Waals surface area contributed by atoms with Gasteiger partial charge in [0.2, 0.25) is 0 Å². The van der Waals surface area contributed by atoms with Crippen molar-refractivity contribution in [3.63, 3.8) is 0 Å². The number of halogens is 1. The van der Waals surface area contributed by atoms with Gasteiger partial charge in [-0.15, -0.1) is 0 Å². The van der Waals surface area contributed by atoms with Gasteiger partial charge in [0.05, 0.1) is 12.3 Å². The molecule has 3 rings (SSSR count). The number of aromatic nitrogens is 2. The highest BCUT2D eigenvalue weighted by molar-refractivity contribution is 9.10. The Hall–Kier alpha value is -1.79. The lowest BCUT2D eigenvalue weighted by Crippen LogP contribution is -2.15. The van der Waals surface area contributed by atoms with Crippen molar-refractivity contribution in [2.75, 3.05) is 12.4 Å². The van der Waals surface area contributed by atoms with Crippen molar-refractivity contribution in [1.29, 1.82) is 0 Å². The second kappa shape index (κ2) is 7.85. The number of thioether (sulfide) groups is 1. The van der Waals surface area contributed by atoms with E-state index in [-0.39, 0.29) is 5.56 Å². The van der Waals surface area contributed by atoms with Crippen LogP contribution in [0.3, 0.4) is 0 Å². The van der Waals surface area contributed by atoms with E-state index in [1.165, 1.54) is 5.56 Å². The van der Waals surface area contributed by atoms with Gasteiger partial charge in [-0.2, -0.15) is 11.8 Å². The fourth-order valence-electron chi connectivity index (χ4n) is 2.23. The molecule has 0 saturated carbocycles. The lowest BCUT2D eigenvalue weighted by Gasteiger charge is -2.07. The quantitative estimate of drug-likeness (QED) is 0.580. The summed E-state index contributed by atoms with van der Waals surface area (Å²) in [5.41, 5.74) is 2.62. The Morgan fingerprint density at radius 1 is 1.21 bits per heavy atom. The Labute approximate surface area is 153 Å². The van der Waals surface area contributed by atoms with E-state index in [0.717, 1.165) is 21.7 Å². The lowest BCUT2D eigenvalue weighted by atomic mass is 10.2. The van der Waals surface area contributed by atoms with Crippen LogP contribution >= 0.6 is 27.7 Å². The molecule has 0 saturated heterocycles. The van der Waals surface area contributed by atoms with Gasteiger partial charge in [0.15, 0.2) is 0 Å². The number of hydrogen-bond acceptors (Lipinski definition) is 4. The average Bonchev–Trinajstić information content (AvgIpc) is 2.57. The van der Waals surface area contributed by atoms with Crippen molar-refractivity contribution < 1.29 is 4.74 Å². The third-order valence-electron chi connectivity index (χ3n) is 3.44. The number of ether oxygens (including phenoxy) is 1. The highest BCUT2D eigenvalue weighted by Gasteiger charge is 2.03. The van der Waals surface area contributed by atoms with Crippen LogP contribution in [0.4, 0.5) is 0 Å². The fraction of sp³-hybridized carbons (Fsp3) is 0.222. The molecule has 0 aliphatic rings. The van der Waals surface area contributed by atoms with Crippen LogP contribution in [0.1, 0.15) is 11.3 Å². The van der Waals surface area contributed by atoms with Crippen molar-refractivity contribution >= 4 is 33.3 Å². The molecule has 0 fully saturated rings. The van der Waals surface area contributed by atoms with Crippen molar-refractivity contribution in [3.05, 3.63) is 74.7 Å². The van der Waals surface area contributed by atoms with Gasteiger partial charge in [-0.1, -0.05) is 17.7 Å². The molecule has 3 aromatic rings. The van der Waals surface area contributed by atoms with Crippen LogP contribution in [-0.2, 0) is 5.75 Å². The summed E-state index contributed by atoms with van der Waals surface area (Å²) in [4.78, 5) is 16.6. The average molecular weight is 405 g/mol. The molecule has 0 atom stereocenters. The minimum absolute atomic E-state index is 0.0622. The smallest absolute Gasteiger partial charge is 0.258 e. The second-order valence-electron chi connectivity index (χ2n) is 5.38. The van der Waals surface area contributed by atoms with Crippen LogP contribution in [0, 0.1) is 6.92 Å². The molecule has 0 unspecified atom stereocenters. The maximum Gasteiger partial charge on any atom is 0.258 e. The van der Waals surface area contributed by atoms with E-state index in [9.17, 15) is 4.79 Å². The normalized spacial score (nSPS) is 10.9. The van der Waals surface area contributed by atoms with Crippen molar-refractivity contribution in [1.82, 2.24) is 9.38 Å². The summed E-state index contributed by atoms with van der Waals surface area (Å²) >= 11 is 5.07. The molecule has 0 aliphatic carbocycles. The van der Waals surface area contributed by atoms with Gasteiger partial charge in [0.25, 0.3) is 5.56 Å². The van der Waals surface area contributed by atoms with E-state index in [4.69, 9.17) is 4.74 Å². The number of fused-ring (bicyclic) bond motifs is 1. The van der Waals surface area contributed by atoms with E-state index >= 15 is 0 Å². The molecule has 6 heteroatoms. The molecular weight excluding hydrogens is 388 g/mol. The van der Waals surface area contributed by atoms with Crippen LogP contribution < -0.4 is 10.3 Å². The second-order valence-corrected chi connectivity index (χ2v) is 7.40. The molecule has 24 heavy (non-hydrogen) atoms. The van der Waals surface area contributed by atoms with Gasteiger partial charge < -0.3 is 4.74 Å². The number of hydrogen-bond donors (Lipinski definition) is 0. The first-order valence-corrected chi connectivity index (χ1v) is 9.52. The lowest BCUT2D eigenvalue weighted by molar-refractivity contribution is 0.344. The molecule has 0 amide bonds. The van der Waals surface area contributed by atoms with E-state index < -0.39 is 0 Å². The Kier molecular flexibility index (Phi) is 5.58. The van der Waals surface area contributed by atoms with Crippen molar-refractivity contribution in [3.8, 4) is 5.75 Å². The summed E-state index contributed by atoms with van der Waals surface area (Å²) in [5, 5.41) is 0. The first kappa shape index (κ1) is 17.0. The molecule has 2 aromatic heterocycles. The minimum Gasteiger partial charge on any atom is -0.493 e. The monoisotopic (exact) mass is 404 g/mol. The van der Waals surface area contributed by atoms with Crippen LogP contribution in [0.5, 0.6) is 5.75 Å². The van der Waals surface area contributed by atoms with Gasteiger partial charge in [-0.3, -0.25) is 9.20 Å². The molecule has 124 valence electrons. The van der Waals surface area contributed by atoms with E-state index in [2.05, 4.69) is 27.8 Å². The predicted octanol–water partition coefficient (Wildman–Crippen LogP) is 4.08. The first-order chi connectivity index (χ1) is 11.6. The van der Waals surface area contributed by atoms with E-state index in [1.807, 2.05) is 36.4 Å². The summed E-state index contributed by atoms with van der Waals surface area (Å²) in [6, 6.07) is 13.3. The molecule has 0 bridgehead atoms. The number of pyridine rings is 1. The third-order valence-corrected chi connectivity index (χ3v) is 4.87. The Morgan fingerprint density at radius 3 is 2.79 bits per heavy atom. The standard InChI is InChI=1S/C18H17BrN2O2S/c1-13-2-5-16(6-3-13)23-8-9-24-12-15-10-18(22)21-11-14(19)4-7-17(21)20-15/h2-7,10-11H,8-9,12H2,1H3. The SMILES string of the molecule is Cc1ccc(OCCSCc2cc(=O)n3cc(Br)ccc3n2)cc1. The number of benzene rings is 1. The highest BCUT2D eigenvalue weighted by Crippen LogP contribution is 2.14. The molecular formula is C18H17BrN2O2S.